The Hall–Kier alpha value is -3.06. The number of aromatic nitrogens is 2. The molecule has 6 N–H and O–H groups in total. The lowest BCUT2D eigenvalue weighted by atomic mass is 10.0. The molecule has 0 spiro atoms. The number of rotatable bonds is 40. The second-order valence-electron chi connectivity index (χ2n) is 17.7. The number of nitrogens with zero attached hydrogens (tertiary/aromatic N) is 2. The summed E-state index contributed by atoms with van der Waals surface area (Å²) in [6.07, 6.45) is 29.8. The summed E-state index contributed by atoms with van der Waals surface area (Å²) in [6.45, 7) is 2.06. The molecule has 2 aliphatic heterocycles. The number of nitrogens with two attached hydrogens (primary N) is 1. The maximum atomic E-state index is 12.8. The van der Waals surface area contributed by atoms with Crippen molar-refractivity contribution in [3.8, 4) is 0 Å². The Kier molecular flexibility index (Phi) is 30.0. The van der Waals surface area contributed by atoms with Crippen molar-refractivity contribution in [3.05, 3.63) is 59.2 Å². The Morgan fingerprint density at radius 2 is 1.26 bits per heavy atom. The number of phosphoric ester groups is 2. The number of esters is 2. The van der Waals surface area contributed by atoms with Gasteiger partial charge >= 0.3 is 33.3 Å². The van der Waals surface area contributed by atoms with E-state index in [4.69, 9.17) is 33.7 Å². The zero-order chi connectivity index (χ0) is 50.3. The Bertz CT molecular complexity index is 1860. The molecule has 2 saturated heterocycles. The van der Waals surface area contributed by atoms with Crippen LogP contribution in [-0.4, -0.2) is 97.9 Å². The van der Waals surface area contributed by atoms with Gasteiger partial charge in [-0.1, -0.05) is 140 Å². The third kappa shape index (κ3) is 26.8. The highest BCUT2D eigenvalue weighted by molar-refractivity contribution is 7.61. The molecule has 3 rings (SSSR count). The number of aliphatic hydroxyl groups is 2. The van der Waals surface area contributed by atoms with Crippen LogP contribution in [0.5, 0.6) is 0 Å². The Balaban J connectivity index is 1.42. The van der Waals surface area contributed by atoms with Crippen LogP contribution in [0.15, 0.2) is 53.5 Å². The van der Waals surface area contributed by atoms with Gasteiger partial charge in [0.2, 0.25) is 0 Å². The number of unbranched alkanes of at least 4 members (excludes halogenated alkanes) is 16. The lowest BCUT2D eigenvalue weighted by Crippen LogP contribution is -2.36. The highest BCUT2D eigenvalue weighted by atomic mass is 31.3. The number of aliphatic hydroxyl groups excluding tert-OH is 2. The molecule has 0 saturated carbocycles. The van der Waals surface area contributed by atoms with Crippen molar-refractivity contribution in [1.29, 1.82) is 0 Å². The van der Waals surface area contributed by atoms with Gasteiger partial charge < -0.3 is 44.7 Å². The number of hydrogen-bond acceptors (Lipinski definition) is 16. The lowest BCUT2D eigenvalue weighted by Gasteiger charge is -2.21. The molecular weight excluding hydrogens is 936 g/mol. The summed E-state index contributed by atoms with van der Waals surface area (Å²) in [7, 11) is -10.9. The molecule has 69 heavy (non-hydrogen) atoms. The summed E-state index contributed by atoms with van der Waals surface area (Å²) in [4.78, 5) is 61.9. The van der Waals surface area contributed by atoms with Crippen LogP contribution in [0, 0.1) is 0 Å². The fourth-order valence-electron chi connectivity index (χ4n) is 7.58. The molecule has 2 aliphatic rings. The fourth-order valence-corrected chi connectivity index (χ4v) is 9.69. The molecule has 0 aliphatic carbocycles. The van der Waals surface area contributed by atoms with Crippen LogP contribution in [0.25, 0.3) is 0 Å². The van der Waals surface area contributed by atoms with E-state index < -0.39 is 83.7 Å². The number of carbonyl (C=O) groups excluding carboxylic acids is 2. The van der Waals surface area contributed by atoms with Crippen LogP contribution in [0.1, 0.15) is 174 Å². The minimum absolute atomic E-state index is 0.0296. The van der Waals surface area contributed by atoms with Crippen molar-refractivity contribution in [2.75, 3.05) is 25.6 Å². The third-order valence-electron chi connectivity index (χ3n) is 11.6. The molecule has 3 heterocycles. The van der Waals surface area contributed by atoms with Gasteiger partial charge in [-0.3, -0.25) is 23.2 Å². The van der Waals surface area contributed by atoms with E-state index >= 15 is 0 Å². The van der Waals surface area contributed by atoms with Crippen molar-refractivity contribution < 1.29 is 71.0 Å². The second kappa shape index (κ2) is 34.3. The molecule has 0 amide bonds. The predicted octanol–water partition coefficient (Wildman–Crippen LogP) is 8.99. The Morgan fingerprint density at radius 1 is 0.710 bits per heavy atom. The number of ether oxygens (including phenoxy) is 4. The van der Waals surface area contributed by atoms with Gasteiger partial charge in [0.1, 0.15) is 30.7 Å². The summed E-state index contributed by atoms with van der Waals surface area (Å²) < 4.78 is 62.4. The SMILES string of the molecule is CCCCC/C=C\CC1OC1C/C=C\C/C=C\CCCC(=O)O[C@H](COC(=O)CCCCCCCCCCCCCCC)COP(=O)(O)OP(=O)(O)OC[C@H]1O[C@@H](n2ccc(N)nc2=O)[C@H](O)[C@@H]1O. The maximum absolute atomic E-state index is 12.8. The highest BCUT2D eigenvalue weighted by Crippen LogP contribution is 2.60. The number of hydrogen-bond donors (Lipinski definition) is 5. The number of epoxide rings is 1. The molecule has 4 unspecified atom stereocenters. The number of anilines is 1. The number of nitrogen functional groups attached to an aromatic ring is 1. The van der Waals surface area contributed by atoms with Crippen molar-refractivity contribution in [2.45, 2.75) is 211 Å². The van der Waals surface area contributed by atoms with E-state index in [9.17, 15) is 43.5 Å². The van der Waals surface area contributed by atoms with Gasteiger partial charge in [-0.05, 0) is 57.4 Å². The average Bonchev–Trinajstić information content (AvgIpc) is 3.99. The third-order valence-corrected chi connectivity index (χ3v) is 14.2. The number of allylic oxidation sites excluding steroid dienone is 4. The molecule has 9 atom stereocenters. The molecule has 1 aromatic heterocycles. The van der Waals surface area contributed by atoms with Gasteiger partial charge in [-0.2, -0.15) is 9.29 Å². The molecular formula is C48H81N3O16P2. The van der Waals surface area contributed by atoms with Crippen LogP contribution in [-0.2, 0) is 51.0 Å². The molecule has 0 bridgehead atoms. The fraction of sp³-hybridized carbons (Fsp3) is 0.750. The van der Waals surface area contributed by atoms with Crippen LogP contribution < -0.4 is 11.4 Å². The van der Waals surface area contributed by atoms with E-state index in [1.54, 1.807) is 0 Å². The summed E-state index contributed by atoms with van der Waals surface area (Å²) in [5.41, 5.74) is 4.58. The van der Waals surface area contributed by atoms with Gasteiger partial charge in [0.05, 0.1) is 25.4 Å². The molecule has 394 valence electrons. The van der Waals surface area contributed by atoms with Crippen molar-refractivity contribution >= 4 is 33.4 Å². The minimum atomic E-state index is -5.44. The first-order chi connectivity index (χ1) is 33.1. The van der Waals surface area contributed by atoms with Crippen LogP contribution in [0.2, 0.25) is 0 Å². The first-order valence-corrected chi connectivity index (χ1v) is 28.1. The van der Waals surface area contributed by atoms with Crippen molar-refractivity contribution in [2.24, 2.45) is 0 Å². The highest BCUT2D eigenvalue weighted by Gasteiger charge is 2.46. The van der Waals surface area contributed by atoms with E-state index in [-0.39, 0.29) is 24.8 Å². The van der Waals surface area contributed by atoms with Crippen molar-refractivity contribution in [1.82, 2.24) is 9.55 Å². The maximum Gasteiger partial charge on any atom is 0.481 e. The van der Waals surface area contributed by atoms with Gasteiger partial charge in [-0.25, -0.2) is 13.9 Å². The number of phosphoric acid groups is 2. The molecule has 21 heteroatoms. The summed E-state index contributed by atoms with van der Waals surface area (Å²) in [5, 5.41) is 20.9. The van der Waals surface area contributed by atoms with Gasteiger partial charge in [0.15, 0.2) is 12.3 Å². The zero-order valence-corrected chi connectivity index (χ0v) is 42.6. The molecule has 0 aromatic carbocycles. The smallest absolute Gasteiger partial charge is 0.462 e. The van der Waals surface area contributed by atoms with E-state index in [0.29, 0.717) is 25.4 Å². The average molecular weight is 1020 g/mol. The monoisotopic (exact) mass is 1020 g/mol. The first-order valence-electron chi connectivity index (χ1n) is 25.1. The van der Waals surface area contributed by atoms with Gasteiger partial charge in [-0.15, -0.1) is 0 Å². The standard InChI is InChI=1S/C48H81N3O16P2/c1-3-5-7-9-11-12-13-14-15-16-19-23-27-31-43(52)61-35-38(64-44(53)32-28-24-20-17-18-22-26-30-40-39(65-40)29-25-21-10-8-6-4-2)36-62-68(57,58)67-69(59,60)63-37-41-45(54)46(55)47(66-41)51-34-33-42(49)50-48(51)56/h17,20-22,25-26,33-34,38-41,45-47,54-55H,3-16,18-19,23-24,27-32,35-37H2,1-2H3,(H,57,58)(H,59,60)(H2,49,50,56)/b20-17-,25-21-,26-22-/t38-,39?,40?,41-,45-,46-,47-/m1/s1. The predicted molar refractivity (Wildman–Crippen MR) is 261 cm³/mol. The van der Waals surface area contributed by atoms with Gasteiger partial charge in [0.25, 0.3) is 0 Å². The second-order valence-corrected chi connectivity index (χ2v) is 20.8. The Morgan fingerprint density at radius 3 is 1.91 bits per heavy atom. The molecule has 0 radical (unpaired) electrons. The van der Waals surface area contributed by atoms with Crippen LogP contribution in [0.4, 0.5) is 5.82 Å². The van der Waals surface area contributed by atoms with E-state index in [2.05, 4.69) is 47.4 Å². The van der Waals surface area contributed by atoms with E-state index in [1.165, 1.54) is 76.7 Å². The number of carbonyl (C=O) groups is 2. The topological polar surface area (TPSA) is 278 Å². The molecule has 1 aromatic rings. The summed E-state index contributed by atoms with van der Waals surface area (Å²) in [5.74, 6) is -1.37. The largest absolute Gasteiger partial charge is 0.481 e. The van der Waals surface area contributed by atoms with E-state index in [1.807, 2.05) is 12.2 Å². The lowest BCUT2D eigenvalue weighted by molar-refractivity contribution is -0.161. The normalized spacial score (nSPS) is 22.6. The van der Waals surface area contributed by atoms with Crippen LogP contribution in [0.3, 0.4) is 0 Å². The molecule has 19 nitrogen and oxygen atoms in total. The summed E-state index contributed by atoms with van der Waals surface area (Å²) in [6, 6.07) is 1.24. The summed E-state index contributed by atoms with van der Waals surface area (Å²) >= 11 is 0. The van der Waals surface area contributed by atoms with E-state index in [0.717, 1.165) is 62.1 Å². The first kappa shape index (κ1) is 60.2. The quantitative estimate of drug-likeness (QED) is 0.0135. The van der Waals surface area contributed by atoms with Crippen LogP contribution >= 0.6 is 15.6 Å². The molecule has 2 fully saturated rings. The van der Waals surface area contributed by atoms with Crippen molar-refractivity contribution in [3.63, 3.8) is 0 Å². The Labute approximate surface area is 408 Å². The zero-order valence-electron chi connectivity index (χ0n) is 40.8. The van der Waals surface area contributed by atoms with Gasteiger partial charge in [0, 0.05) is 19.0 Å². The minimum Gasteiger partial charge on any atom is -0.462 e.